The molecule has 0 bridgehead atoms. The highest BCUT2D eigenvalue weighted by Crippen LogP contribution is 2.58. The van der Waals surface area contributed by atoms with Crippen molar-refractivity contribution in [3.05, 3.63) is 312 Å². The van der Waals surface area contributed by atoms with Crippen molar-refractivity contribution in [2.75, 3.05) is 4.90 Å². The average Bonchev–Trinajstić information content (AvgIpc) is 3.03. The number of hydrogen-bond acceptors (Lipinski definition) is 1. The first-order chi connectivity index (χ1) is 39.5. The van der Waals surface area contributed by atoms with E-state index in [1.54, 1.807) is 0 Å². The van der Waals surface area contributed by atoms with Gasteiger partial charge in [-0.15, -0.1) is 0 Å². The summed E-state index contributed by atoms with van der Waals surface area (Å²) in [6.07, 6.45) is 0. The van der Waals surface area contributed by atoms with E-state index in [-0.39, 0.29) is 10.8 Å². The largest absolute Gasteiger partial charge is 0.310 e. The lowest BCUT2D eigenvalue weighted by Gasteiger charge is -2.35. The van der Waals surface area contributed by atoms with Crippen molar-refractivity contribution in [3.63, 3.8) is 0 Å². The van der Waals surface area contributed by atoms with Crippen molar-refractivity contribution in [1.29, 1.82) is 0 Å². The number of benzene rings is 12. The Morgan fingerprint density at radius 3 is 1.54 bits per heavy atom. The number of hydrogen-bond donors (Lipinski definition) is 0. The standard InChI is InChI=1S/C79H64N2/c1-77(2,3)58-49-55(50-59(51-58)78(4,5)6)63-36-22-25-54-26-23-38-69(75(54)63)67-34-17-20-41-73(67)80(61-45-43-53(44-46-61)64-37-24-39-70-68-35-18-21-42-74(68)81(76(64)70)60-31-14-9-15-32-60)62-47-48-66-65-33-16-19-40-71(65)79(72(66)52-62,56-27-10-7-11-28-56)57-29-12-8-13-30-57/h7-52H,1-6H3. The Balaban J connectivity index is 1.02. The molecule has 0 radical (unpaired) electrons. The molecule has 0 fully saturated rings. The summed E-state index contributed by atoms with van der Waals surface area (Å²) < 4.78 is 2.44. The highest BCUT2D eigenvalue weighted by molar-refractivity contribution is 6.14. The van der Waals surface area contributed by atoms with E-state index in [1.165, 1.54) is 99.3 Å². The second-order valence-corrected chi connectivity index (χ2v) is 24.1. The number of fused-ring (bicyclic) bond motifs is 7. The van der Waals surface area contributed by atoms with Crippen LogP contribution in [0, 0.1) is 0 Å². The van der Waals surface area contributed by atoms with Crippen LogP contribution < -0.4 is 4.90 Å². The van der Waals surface area contributed by atoms with Gasteiger partial charge in [0.25, 0.3) is 0 Å². The Morgan fingerprint density at radius 2 is 0.864 bits per heavy atom. The molecule has 14 rings (SSSR count). The van der Waals surface area contributed by atoms with Crippen molar-refractivity contribution >= 4 is 49.6 Å². The summed E-state index contributed by atoms with van der Waals surface area (Å²) in [4.78, 5) is 2.52. The summed E-state index contributed by atoms with van der Waals surface area (Å²) in [5.74, 6) is 0. The minimum absolute atomic E-state index is 0.0330. The lowest BCUT2D eigenvalue weighted by molar-refractivity contribution is 0.569. The van der Waals surface area contributed by atoms with Crippen LogP contribution in [0.15, 0.2) is 279 Å². The van der Waals surface area contributed by atoms with Gasteiger partial charge in [-0.25, -0.2) is 0 Å². The molecule has 1 heterocycles. The monoisotopic (exact) mass is 1040 g/mol. The second-order valence-electron chi connectivity index (χ2n) is 24.1. The van der Waals surface area contributed by atoms with Crippen molar-refractivity contribution in [2.45, 2.75) is 57.8 Å². The van der Waals surface area contributed by atoms with E-state index in [0.717, 1.165) is 33.9 Å². The topological polar surface area (TPSA) is 8.17 Å². The van der Waals surface area contributed by atoms with Crippen molar-refractivity contribution in [2.24, 2.45) is 0 Å². The van der Waals surface area contributed by atoms with Crippen molar-refractivity contribution < 1.29 is 0 Å². The van der Waals surface area contributed by atoms with Gasteiger partial charge >= 0.3 is 0 Å². The predicted octanol–water partition coefficient (Wildman–Crippen LogP) is 21.4. The minimum atomic E-state index is -0.576. The first-order valence-electron chi connectivity index (χ1n) is 28.6. The zero-order valence-electron chi connectivity index (χ0n) is 47.0. The van der Waals surface area contributed by atoms with E-state index >= 15 is 0 Å². The smallest absolute Gasteiger partial charge is 0.0714 e. The lowest BCUT2D eigenvalue weighted by Crippen LogP contribution is -2.28. The summed E-state index contributed by atoms with van der Waals surface area (Å²) >= 11 is 0. The lowest BCUT2D eigenvalue weighted by atomic mass is 9.67. The molecule has 1 aliphatic rings. The summed E-state index contributed by atoms with van der Waals surface area (Å²) in [6, 6.07) is 104. The van der Waals surface area contributed by atoms with Gasteiger partial charge in [0.1, 0.15) is 0 Å². The summed E-state index contributed by atoms with van der Waals surface area (Å²) in [7, 11) is 0. The first kappa shape index (κ1) is 49.8. The van der Waals surface area contributed by atoms with Crippen LogP contribution in [0.5, 0.6) is 0 Å². The fourth-order valence-corrected chi connectivity index (χ4v) is 13.2. The molecule has 12 aromatic carbocycles. The Hall–Kier alpha value is -9.50. The fraction of sp³-hybridized carbons (Fsp3) is 0.114. The maximum absolute atomic E-state index is 2.52. The number of para-hydroxylation sites is 4. The van der Waals surface area contributed by atoms with Crippen LogP contribution in [0.2, 0.25) is 0 Å². The van der Waals surface area contributed by atoms with Crippen LogP contribution in [0.1, 0.15) is 74.9 Å². The van der Waals surface area contributed by atoms with Gasteiger partial charge in [-0.2, -0.15) is 0 Å². The van der Waals surface area contributed by atoms with Gasteiger partial charge in [-0.3, -0.25) is 0 Å². The minimum Gasteiger partial charge on any atom is -0.310 e. The van der Waals surface area contributed by atoms with Crippen LogP contribution in [0.4, 0.5) is 17.1 Å². The van der Waals surface area contributed by atoms with E-state index in [9.17, 15) is 0 Å². The van der Waals surface area contributed by atoms with E-state index in [2.05, 4.69) is 330 Å². The molecule has 81 heavy (non-hydrogen) atoms. The van der Waals surface area contributed by atoms with Crippen molar-refractivity contribution in [1.82, 2.24) is 4.57 Å². The summed E-state index contributed by atoms with van der Waals surface area (Å²) in [6.45, 7) is 14.0. The van der Waals surface area contributed by atoms with Crippen LogP contribution in [-0.2, 0) is 16.2 Å². The Morgan fingerprint density at radius 1 is 0.346 bits per heavy atom. The predicted molar refractivity (Wildman–Crippen MR) is 344 cm³/mol. The molecule has 0 spiro atoms. The van der Waals surface area contributed by atoms with E-state index in [4.69, 9.17) is 0 Å². The molecule has 0 amide bonds. The fourth-order valence-electron chi connectivity index (χ4n) is 13.2. The molecule has 0 atom stereocenters. The highest BCUT2D eigenvalue weighted by Gasteiger charge is 2.46. The first-order valence-corrected chi connectivity index (χ1v) is 28.6. The quantitative estimate of drug-likeness (QED) is 0.140. The molecule has 2 nitrogen and oxygen atoms in total. The third kappa shape index (κ3) is 8.23. The maximum Gasteiger partial charge on any atom is 0.0714 e. The second kappa shape index (κ2) is 19.4. The molecule has 13 aromatic rings. The van der Waals surface area contributed by atoms with Gasteiger partial charge in [0.2, 0.25) is 0 Å². The molecule has 390 valence electrons. The average molecular weight is 1040 g/mol. The summed E-state index contributed by atoms with van der Waals surface area (Å²) in [5.41, 5.74) is 23.5. The van der Waals surface area contributed by atoms with Crippen molar-refractivity contribution in [3.8, 4) is 50.2 Å². The normalized spacial score (nSPS) is 12.9. The van der Waals surface area contributed by atoms with Crippen LogP contribution >= 0.6 is 0 Å². The molecule has 2 heteroatoms. The third-order valence-electron chi connectivity index (χ3n) is 17.2. The Labute approximate surface area is 476 Å². The van der Waals surface area contributed by atoms with Gasteiger partial charge in [0.05, 0.1) is 22.1 Å². The van der Waals surface area contributed by atoms with Gasteiger partial charge in [-0.1, -0.05) is 272 Å². The molecule has 0 saturated heterocycles. The van der Waals surface area contributed by atoms with Gasteiger partial charge in [0.15, 0.2) is 0 Å². The zero-order chi connectivity index (χ0) is 55.0. The number of aromatic nitrogens is 1. The van der Waals surface area contributed by atoms with Crippen LogP contribution in [-0.4, -0.2) is 4.57 Å². The molecule has 0 aliphatic heterocycles. The molecular formula is C79H64N2. The molecule has 0 unspecified atom stereocenters. The summed E-state index contributed by atoms with van der Waals surface area (Å²) in [5, 5.41) is 4.93. The van der Waals surface area contributed by atoms with Crippen LogP contribution in [0.3, 0.4) is 0 Å². The zero-order valence-corrected chi connectivity index (χ0v) is 47.0. The molecular weight excluding hydrogens is 977 g/mol. The number of rotatable bonds is 9. The molecule has 0 saturated carbocycles. The third-order valence-corrected chi connectivity index (χ3v) is 17.2. The molecule has 1 aromatic heterocycles. The van der Waals surface area contributed by atoms with Crippen LogP contribution in [0.25, 0.3) is 82.8 Å². The number of anilines is 3. The SMILES string of the molecule is CC(C)(C)c1cc(-c2cccc3cccc(-c4ccccc4N(c4ccc(-c5cccc6c7ccccc7n(-c7ccccc7)c56)cc4)c4ccc5c(c4)C(c4ccccc4)(c4ccccc4)c4ccccc4-5)c23)cc(C(C)(C)C)c1. The van der Waals surface area contributed by atoms with Gasteiger partial charge in [-0.05, 0) is 137 Å². The Bertz CT molecular complexity index is 4440. The van der Waals surface area contributed by atoms with E-state index < -0.39 is 5.41 Å². The van der Waals surface area contributed by atoms with Gasteiger partial charge < -0.3 is 9.47 Å². The molecule has 0 N–H and O–H groups in total. The van der Waals surface area contributed by atoms with Gasteiger partial charge in [0, 0.05) is 39.0 Å². The maximum atomic E-state index is 2.52. The van der Waals surface area contributed by atoms with E-state index in [0.29, 0.717) is 0 Å². The Kier molecular flexibility index (Phi) is 11.9. The molecule has 1 aliphatic carbocycles. The highest BCUT2D eigenvalue weighted by atomic mass is 15.1. The number of nitrogens with zero attached hydrogens (tertiary/aromatic N) is 2. The van der Waals surface area contributed by atoms with E-state index in [1.807, 2.05) is 0 Å².